The summed E-state index contributed by atoms with van der Waals surface area (Å²) in [6.07, 6.45) is 3.05. The minimum Gasteiger partial charge on any atom is -0.497 e. The van der Waals surface area contributed by atoms with Crippen molar-refractivity contribution in [2.75, 3.05) is 7.11 Å². The van der Waals surface area contributed by atoms with E-state index in [1.165, 1.54) is 6.08 Å². The van der Waals surface area contributed by atoms with E-state index in [2.05, 4.69) is 3.07 Å². The van der Waals surface area contributed by atoms with Crippen LogP contribution in [-0.4, -0.2) is 13.1 Å². The standard InChI is InChI=1S/C10H9IO3/c1-13-9-5-2-8(3-6-9)4-7-10(12)14-11/h2-7H,1H3/b7-4+. The first-order chi connectivity index (χ1) is 6.76. The van der Waals surface area contributed by atoms with Gasteiger partial charge in [-0.25, -0.2) is 4.79 Å². The molecule has 0 aromatic heterocycles. The lowest BCUT2D eigenvalue weighted by Gasteiger charge is -1.98. The molecule has 0 spiro atoms. The first kappa shape index (κ1) is 11.0. The fourth-order valence-electron chi connectivity index (χ4n) is 0.905. The smallest absolute Gasteiger partial charge is 0.340 e. The number of halogens is 1. The number of carbonyl (C=O) groups is 1. The third kappa shape index (κ3) is 3.37. The lowest BCUT2D eigenvalue weighted by Crippen LogP contribution is -1.88. The maximum Gasteiger partial charge on any atom is 0.340 e. The van der Waals surface area contributed by atoms with Crippen molar-refractivity contribution in [1.82, 2.24) is 0 Å². The van der Waals surface area contributed by atoms with Gasteiger partial charge in [-0.15, -0.1) is 0 Å². The van der Waals surface area contributed by atoms with Crippen molar-refractivity contribution in [3.8, 4) is 5.75 Å². The second-order valence-corrected chi connectivity index (χ2v) is 2.94. The number of ether oxygens (including phenoxy) is 1. The lowest BCUT2D eigenvalue weighted by molar-refractivity contribution is -0.126. The number of hydrogen-bond acceptors (Lipinski definition) is 3. The summed E-state index contributed by atoms with van der Waals surface area (Å²) in [5, 5.41) is 0. The molecule has 0 fully saturated rings. The Hall–Kier alpha value is -1.04. The molecule has 14 heavy (non-hydrogen) atoms. The molecule has 0 saturated heterocycles. The fraction of sp³-hybridized carbons (Fsp3) is 0.100. The summed E-state index contributed by atoms with van der Waals surface area (Å²) < 4.78 is 9.44. The predicted octanol–water partition coefficient (Wildman–Crippen LogP) is 2.60. The van der Waals surface area contributed by atoms with Crippen LogP contribution in [0.2, 0.25) is 0 Å². The molecule has 74 valence electrons. The van der Waals surface area contributed by atoms with E-state index >= 15 is 0 Å². The zero-order valence-corrected chi connectivity index (χ0v) is 9.72. The zero-order valence-electron chi connectivity index (χ0n) is 7.57. The van der Waals surface area contributed by atoms with Gasteiger partial charge in [0.15, 0.2) is 23.0 Å². The van der Waals surface area contributed by atoms with Gasteiger partial charge in [0.1, 0.15) is 5.75 Å². The Balaban J connectivity index is 2.68. The van der Waals surface area contributed by atoms with Gasteiger partial charge in [0, 0.05) is 6.08 Å². The predicted molar refractivity (Wildman–Crippen MR) is 62.1 cm³/mol. The van der Waals surface area contributed by atoms with E-state index in [0.717, 1.165) is 11.3 Å². The molecule has 1 aromatic carbocycles. The van der Waals surface area contributed by atoms with Gasteiger partial charge in [-0.2, -0.15) is 0 Å². The molecule has 0 aliphatic heterocycles. The van der Waals surface area contributed by atoms with Crippen LogP contribution in [0.15, 0.2) is 30.3 Å². The summed E-state index contributed by atoms with van der Waals surface area (Å²) in [5.74, 6) is 0.417. The highest BCUT2D eigenvalue weighted by Crippen LogP contribution is 2.12. The summed E-state index contributed by atoms with van der Waals surface area (Å²) in [6.45, 7) is 0. The van der Waals surface area contributed by atoms with Gasteiger partial charge in [-0.3, -0.25) is 0 Å². The molecule has 0 unspecified atom stereocenters. The Morgan fingerprint density at radius 3 is 2.50 bits per heavy atom. The van der Waals surface area contributed by atoms with Crippen molar-refractivity contribution < 1.29 is 12.6 Å². The molecule has 0 atom stereocenters. The molecular weight excluding hydrogens is 295 g/mol. The normalized spacial score (nSPS) is 10.1. The van der Waals surface area contributed by atoms with Crippen LogP contribution < -0.4 is 4.74 Å². The third-order valence-electron chi connectivity index (χ3n) is 1.60. The van der Waals surface area contributed by atoms with E-state index in [0.29, 0.717) is 0 Å². The Labute approximate surface area is 96.4 Å². The highest BCUT2D eigenvalue weighted by Gasteiger charge is 1.93. The van der Waals surface area contributed by atoms with Crippen LogP contribution >= 0.6 is 23.0 Å². The van der Waals surface area contributed by atoms with Crippen molar-refractivity contribution in [1.29, 1.82) is 0 Å². The van der Waals surface area contributed by atoms with E-state index in [4.69, 9.17) is 4.74 Å². The highest BCUT2D eigenvalue weighted by atomic mass is 127. The van der Waals surface area contributed by atoms with Crippen molar-refractivity contribution in [2.45, 2.75) is 0 Å². The average Bonchev–Trinajstić information content (AvgIpc) is 2.26. The molecule has 0 saturated carbocycles. The molecule has 0 amide bonds. The molecule has 0 aliphatic carbocycles. The SMILES string of the molecule is COc1ccc(/C=C/C(=O)OI)cc1. The Kier molecular flexibility index (Phi) is 4.45. The van der Waals surface area contributed by atoms with Crippen LogP contribution in [-0.2, 0) is 7.86 Å². The number of carbonyl (C=O) groups excluding carboxylic acids is 1. The van der Waals surface area contributed by atoms with Crippen LogP contribution in [0, 0.1) is 0 Å². The molecule has 0 radical (unpaired) electrons. The lowest BCUT2D eigenvalue weighted by atomic mass is 10.2. The van der Waals surface area contributed by atoms with Crippen LogP contribution in [0.1, 0.15) is 5.56 Å². The quantitative estimate of drug-likeness (QED) is 0.636. The minimum atomic E-state index is -0.374. The number of hydrogen-bond donors (Lipinski definition) is 0. The highest BCUT2D eigenvalue weighted by molar-refractivity contribution is 14.1. The van der Waals surface area contributed by atoms with Crippen molar-refractivity contribution in [3.63, 3.8) is 0 Å². The topological polar surface area (TPSA) is 35.5 Å². The first-order valence-electron chi connectivity index (χ1n) is 3.91. The summed E-state index contributed by atoms with van der Waals surface area (Å²) in [5.41, 5.74) is 0.924. The van der Waals surface area contributed by atoms with Crippen LogP contribution in [0.3, 0.4) is 0 Å². The monoisotopic (exact) mass is 304 g/mol. The van der Waals surface area contributed by atoms with Crippen molar-refractivity contribution in [3.05, 3.63) is 35.9 Å². The molecule has 3 nitrogen and oxygen atoms in total. The maximum absolute atomic E-state index is 10.8. The first-order valence-corrected chi connectivity index (χ1v) is 4.79. The van der Waals surface area contributed by atoms with Gasteiger partial charge in [-0.05, 0) is 23.8 Å². The molecule has 1 aromatic rings. The van der Waals surface area contributed by atoms with Crippen LogP contribution in [0.4, 0.5) is 0 Å². The van der Waals surface area contributed by atoms with Gasteiger partial charge in [0.2, 0.25) is 0 Å². The van der Waals surface area contributed by atoms with E-state index in [-0.39, 0.29) is 5.97 Å². The summed E-state index contributed by atoms with van der Waals surface area (Å²) >= 11 is 1.55. The van der Waals surface area contributed by atoms with Gasteiger partial charge in [0.05, 0.1) is 7.11 Å². The molecule has 1 rings (SSSR count). The van der Waals surface area contributed by atoms with E-state index < -0.39 is 0 Å². The Morgan fingerprint density at radius 2 is 2.00 bits per heavy atom. The molecule has 4 heteroatoms. The summed E-state index contributed by atoms with van der Waals surface area (Å²) in [7, 11) is 1.61. The number of rotatable bonds is 3. The number of benzene rings is 1. The molecular formula is C10H9IO3. The fourth-order valence-corrected chi connectivity index (χ4v) is 1.05. The van der Waals surface area contributed by atoms with E-state index in [1.807, 2.05) is 24.3 Å². The van der Waals surface area contributed by atoms with E-state index in [1.54, 1.807) is 36.2 Å². The third-order valence-corrected chi connectivity index (χ3v) is 2.04. The summed E-state index contributed by atoms with van der Waals surface area (Å²) in [4.78, 5) is 10.8. The molecule has 0 N–H and O–H groups in total. The Bertz CT molecular complexity index is 330. The van der Waals surface area contributed by atoms with Crippen LogP contribution in [0.25, 0.3) is 6.08 Å². The Morgan fingerprint density at radius 1 is 1.36 bits per heavy atom. The molecule has 0 bridgehead atoms. The van der Waals surface area contributed by atoms with Gasteiger partial charge >= 0.3 is 5.97 Å². The van der Waals surface area contributed by atoms with Gasteiger partial charge in [0.25, 0.3) is 0 Å². The van der Waals surface area contributed by atoms with Crippen molar-refractivity contribution >= 4 is 35.1 Å². The second kappa shape index (κ2) is 5.64. The molecule has 0 heterocycles. The number of methoxy groups -OCH3 is 1. The second-order valence-electron chi connectivity index (χ2n) is 2.50. The minimum absolute atomic E-state index is 0.374. The van der Waals surface area contributed by atoms with Gasteiger partial charge in [-0.1, -0.05) is 12.1 Å². The maximum atomic E-state index is 10.8. The largest absolute Gasteiger partial charge is 0.497 e. The molecule has 0 aliphatic rings. The zero-order chi connectivity index (χ0) is 10.4. The van der Waals surface area contributed by atoms with Crippen LogP contribution in [0.5, 0.6) is 5.75 Å². The summed E-state index contributed by atoms with van der Waals surface area (Å²) in [6, 6.07) is 7.37. The van der Waals surface area contributed by atoms with Gasteiger partial charge < -0.3 is 7.80 Å². The average molecular weight is 304 g/mol. The van der Waals surface area contributed by atoms with E-state index in [9.17, 15) is 4.79 Å². The van der Waals surface area contributed by atoms with Crippen molar-refractivity contribution in [2.24, 2.45) is 0 Å².